The summed E-state index contributed by atoms with van der Waals surface area (Å²) in [5.41, 5.74) is 2.70. The molecule has 0 amide bonds. The summed E-state index contributed by atoms with van der Waals surface area (Å²) in [6.07, 6.45) is 2.79. The molecule has 0 saturated carbocycles. The van der Waals surface area contributed by atoms with Gasteiger partial charge in [0.1, 0.15) is 0 Å². The molecule has 1 aromatic heterocycles. The van der Waals surface area contributed by atoms with Crippen LogP contribution in [0.5, 0.6) is 0 Å². The molecule has 0 fully saturated rings. The number of carbonyl (C=O) groups is 1. The van der Waals surface area contributed by atoms with Crippen molar-refractivity contribution in [3.63, 3.8) is 0 Å². The van der Waals surface area contributed by atoms with Crippen molar-refractivity contribution in [2.24, 2.45) is 0 Å². The highest BCUT2D eigenvalue weighted by Gasteiger charge is 2.28. The quantitative estimate of drug-likeness (QED) is 0.592. The van der Waals surface area contributed by atoms with Gasteiger partial charge in [0.05, 0.1) is 25.0 Å². The van der Waals surface area contributed by atoms with Crippen molar-refractivity contribution < 1.29 is 13.9 Å². The zero-order chi connectivity index (χ0) is 17.3. The molecule has 4 nitrogen and oxygen atoms in total. The van der Waals surface area contributed by atoms with Gasteiger partial charge in [-0.3, -0.25) is 4.68 Å². The minimum Gasteiger partial charge on any atom is -0.461 e. The molecule has 1 aliphatic carbocycles. The molecule has 0 aliphatic heterocycles. The van der Waals surface area contributed by atoms with Gasteiger partial charge in [-0.25, -0.2) is 4.79 Å². The summed E-state index contributed by atoms with van der Waals surface area (Å²) in [7, 11) is 0. The van der Waals surface area contributed by atoms with Crippen molar-refractivity contribution in [3.8, 4) is 0 Å². The van der Waals surface area contributed by atoms with Crippen LogP contribution >= 0.6 is 23.2 Å². The van der Waals surface area contributed by atoms with Crippen LogP contribution in [0, 0.1) is 0 Å². The molecule has 0 spiro atoms. The van der Waals surface area contributed by atoms with Crippen molar-refractivity contribution >= 4 is 34.7 Å². The Morgan fingerprint density at radius 2 is 2.17 bits per heavy atom. The van der Waals surface area contributed by atoms with Gasteiger partial charge in [0.15, 0.2) is 0 Å². The lowest BCUT2D eigenvalue weighted by molar-refractivity contribution is -0.140. The Kier molecular flexibility index (Phi) is 4.92. The largest absolute Gasteiger partial charge is 0.461 e. The van der Waals surface area contributed by atoms with Crippen molar-refractivity contribution in [3.05, 3.63) is 57.1 Å². The topological polar surface area (TPSA) is 44.1 Å². The van der Waals surface area contributed by atoms with Crippen LogP contribution < -0.4 is 0 Å². The molecule has 2 aromatic rings. The van der Waals surface area contributed by atoms with Crippen LogP contribution in [0.3, 0.4) is 0 Å². The van der Waals surface area contributed by atoms with E-state index < -0.39 is 11.8 Å². The molecule has 0 radical (unpaired) electrons. The number of hydrogen-bond donors (Lipinski definition) is 0. The zero-order valence-corrected chi connectivity index (χ0v) is 14.5. The third-order valence-electron chi connectivity index (χ3n) is 3.90. The summed E-state index contributed by atoms with van der Waals surface area (Å²) < 4.78 is 20.8. The van der Waals surface area contributed by atoms with Crippen molar-refractivity contribution in [1.29, 1.82) is 0 Å². The van der Waals surface area contributed by atoms with E-state index in [9.17, 15) is 9.18 Å². The highest BCUT2D eigenvalue weighted by molar-refractivity contribution is 6.35. The van der Waals surface area contributed by atoms with Crippen LogP contribution in [-0.2, 0) is 22.5 Å². The Hall–Kier alpha value is -1.85. The molecule has 0 N–H and O–H groups in total. The number of allylic oxidation sites excluding steroid dienone is 1. The lowest BCUT2D eigenvalue weighted by Crippen LogP contribution is -2.10. The van der Waals surface area contributed by atoms with Gasteiger partial charge in [-0.1, -0.05) is 29.3 Å². The Morgan fingerprint density at radius 1 is 1.38 bits per heavy atom. The molecule has 0 unspecified atom stereocenters. The summed E-state index contributed by atoms with van der Waals surface area (Å²) in [4.78, 5) is 11.7. The Labute approximate surface area is 148 Å². The van der Waals surface area contributed by atoms with Gasteiger partial charge < -0.3 is 4.74 Å². The van der Waals surface area contributed by atoms with E-state index in [1.54, 1.807) is 36.0 Å². The van der Waals surface area contributed by atoms with Crippen molar-refractivity contribution in [2.45, 2.75) is 26.3 Å². The monoisotopic (exact) mass is 368 g/mol. The highest BCUT2D eigenvalue weighted by Crippen LogP contribution is 2.36. The third-order valence-corrected chi connectivity index (χ3v) is 4.49. The number of fused-ring (bicyclic) bond motifs is 1. The summed E-state index contributed by atoms with van der Waals surface area (Å²) in [5.74, 6) is -1.78. The van der Waals surface area contributed by atoms with Crippen LogP contribution in [0.25, 0.3) is 5.57 Å². The van der Waals surface area contributed by atoms with Crippen LogP contribution in [0.1, 0.15) is 30.2 Å². The normalized spacial score (nSPS) is 15.3. The molecule has 3 rings (SSSR count). The summed E-state index contributed by atoms with van der Waals surface area (Å²) in [6.45, 7) is 2.14. The number of aryl methyl sites for hydroxylation is 1. The van der Waals surface area contributed by atoms with E-state index in [0.29, 0.717) is 40.7 Å². The first kappa shape index (κ1) is 17.0. The average Bonchev–Trinajstić information content (AvgIpc) is 3.12. The number of carbonyl (C=O) groups excluding carboxylic acids is 1. The third kappa shape index (κ3) is 3.19. The fourth-order valence-electron chi connectivity index (χ4n) is 2.80. The van der Waals surface area contributed by atoms with E-state index in [1.807, 2.05) is 0 Å². The Morgan fingerprint density at radius 3 is 2.88 bits per heavy atom. The molecule has 1 aliphatic rings. The number of benzene rings is 1. The standard InChI is InChI=1S/C17H15Cl2FN2O2/c1-2-24-17(23)15(20)13-6-4-10-8-21-22(16(10)13)9-11-3-5-12(18)7-14(11)19/h3,5,7-8H,2,4,6,9H2,1H3. The molecule has 7 heteroatoms. The van der Waals surface area contributed by atoms with Crippen molar-refractivity contribution in [1.82, 2.24) is 9.78 Å². The molecular weight excluding hydrogens is 354 g/mol. The van der Waals surface area contributed by atoms with Gasteiger partial charge in [-0.05, 0) is 43.0 Å². The first-order valence-electron chi connectivity index (χ1n) is 7.56. The number of ether oxygens (including phenoxy) is 1. The maximum absolute atomic E-state index is 14.4. The smallest absolute Gasteiger partial charge is 0.367 e. The predicted molar refractivity (Wildman–Crippen MR) is 90.8 cm³/mol. The van der Waals surface area contributed by atoms with Gasteiger partial charge in [-0.15, -0.1) is 0 Å². The Bertz CT molecular complexity index is 830. The number of hydrogen-bond acceptors (Lipinski definition) is 3. The lowest BCUT2D eigenvalue weighted by Gasteiger charge is -2.10. The Balaban J connectivity index is 1.96. The van der Waals surface area contributed by atoms with Crippen LogP contribution in [0.15, 0.2) is 30.2 Å². The maximum atomic E-state index is 14.4. The molecule has 1 aromatic carbocycles. The van der Waals surface area contributed by atoms with Crippen molar-refractivity contribution in [2.75, 3.05) is 6.61 Å². The SMILES string of the molecule is CCOC(=O)C(F)=C1CCc2cnn(Cc3ccc(Cl)cc3Cl)c21. The number of rotatable bonds is 4. The lowest BCUT2D eigenvalue weighted by atomic mass is 10.1. The first-order valence-corrected chi connectivity index (χ1v) is 8.31. The summed E-state index contributed by atoms with van der Waals surface area (Å²) >= 11 is 12.1. The van der Waals surface area contributed by atoms with E-state index in [4.69, 9.17) is 27.9 Å². The fraction of sp³-hybridized carbons (Fsp3) is 0.294. The number of aromatic nitrogens is 2. The highest BCUT2D eigenvalue weighted by atomic mass is 35.5. The minimum absolute atomic E-state index is 0.131. The summed E-state index contributed by atoms with van der Waals surface area (Å²) in [6, 6.07) is 5.19. The molecule has 0 atom stereocenters. The number of nitrogens with zero attached hydrogens (tertiary/aromatic N) is 2. The van der Waals surface area contributed by atoms with E-state index in [2.05, 4.69) is 5.10 Å². The second-order valence-electron chi connectivity index (χ2n) is 5.42. The van der Waals surface area contributed by atoms with E-state index >= 15 is 0 Å². The first-order chi connectivity index (χ1) is 11.5. The fourth-order valence-corrected chi connectivity index (χ4v) is 3.27. The number of esters is 1. The molecule has 24 heavy (non-hydrogen) atoms. The van der Waals surface area contributed by atoms with Crippen LogP contribution in [0.2, 0.25) is 10.0 Å². The summed E-state index contributed by atoms with van der Waals surface area (Å²) in [5, 5.41) is 5.37. The van der Waals surface area contributed by atoms with Gasteiger partial charge in [-0.2, -0.15) is 9.49 Å². The molecule has 0 saturated heterocycles. The van der Waals surface area contributed by atoms with Crippen LogP contribution in [-0.4, -0.2) is 22.4 Å². The van der Waals surface area contributed by atoms with Gasteiger partial charge in [0, 0.05) is 15.6 Å². The predicted octanol–water partition coefficient (Wildman–Crippen LogP) is 4.43. The van der Waals surface area contributed by atoms with Gasteiger partial charge in [0.2, 0.25) is 5.83 Å². The molecule has 1 heterocycles. The molecular formula is C17H15Cl2FN2O2. The van der Waals surface area contributed by atoms with Gasteiger partial charge in [0.25, 0.3) is 0 Å². The maximum Gasteiger partial charge on any atom is 0.367 e. The average molecular weight is 369 g/mol. The van der Waals surface area contributed by atoms with E-state index in [0.717, 1.165) is 11.1 Å². The van der Waals surface area contributed by atoms with E-state index in [1.165, 1.54) is 0 Å². The second kappa shape index (κ2) is 6.95. The van der Waals surface area contributed by atoms with E-state index in [-0.39, 0.29) is 6.61 Å². The number of halogens is 3. The molecule has 0 bridgehead atoms. The molecule has 126 valence electrons. The van der Waals surface area contributed by atoms with Gasteiger partial charge >= 0.3 is 5.97 Å². The second-order valence-corrected chi connectivity index (χ2v) is 6.27. The van der Waals surface area contributed by atoms with Crippen LogP contribution in [0.4, 0.5) is 4.39 Å². The minimum atomic E-state index is -0.933. The zero-order valence-electron chi connectivity index (χ0n) is 13.0.